The second-order valence-corrected chi connectivity index (χ2v) is 8.53. The van der Waals surface area contributed by atoms with Gasteiger partial charge in [0.25, 0.3) is 5.69 Å². The molecule has 0 radical (unpaired) electrons. The Morgan fingerprint density at radius 1 is 1.20 bits per heavy atom. The second-order valence-electron chi connectivity index (χ2n) is 5.97. The number of nitrogen functional groups attached to an aromatic ring is 1. The third-order valence-corrected chi connectivity index (χ3v) is 5.84. The third-order valence-electron chi connectivity index (χ3n) is 3.91. The molecule has 0 saturated heterocycles. The maximum atomic E-state index is 12.5. The highest BCUT2D eigenvalue weighted by Crippen LogP contribution is 2.32. The van der Waals surface area contributed by atoms with Crippen molar-refractivity contribution >= 4 is 63.8 Å². The van der Waals surface area contributed by atoms with Crippen LogP contribution < -0.4 is 11.2 Å². The van der Waals surface area contributed by atoms with Crippen molar-refractivity contribution in [1.29, 1.82) is 0 Å². The van der Waals surface area contributed by atoms with Crippen molar-refractivity contribution < 1.29 is 9.72 Å². The number of thioether (sulfide) groups is 1. The van der Waals surface area contributed by atoms with E-state index in [4.69, 9.17) is 40.6 Å². The Bertz CT molecular complexity index is 1140. The van der Waals surface area contributed by atoms with E-state index in [0.717, 1.165) is 17.8 Å². The fourth-order valence-corrected chi connectivity index (χ4v) is 3.74. The van der Waals surface area contributed by atoms with Crippen molar-refractivity contribution in [3.05, 3.63) is 61.6 Å². The van der Waals surface area contributed by atoms with Gasteiger partial charge in [0.2, 0.25) is 11.1 Å². The van der Waals surface area contributed by atoms with Gasteiger partial charge in [-0.25, -0.2) is 4.68 Å². The number of nitro benzene ring substituents is 1. The number of hydrogen-bond acceptors (Lipinski definition) is 7. The molecular formula is C17H13Cl3N6O3S. The first kappa shape index (κ1) is 22.2. The lowest BCUT2D eigenvalue weighted by Crippen LogP contribution is -2.23. The SMILES string of the molecule is CC(Sc1nnc(-c2cc(Cl)ccc2Cl)n1N)C(=O)Nc1ccc([N+](=O)[O-])cc1Cl. The summed E-state index contributed by atoms with van der Waals surface area (Å²) in [4.78, 5) is 22.7. The quantitative estimate of drug-likeness (QED) is 0.224. The average molecular weight is 488 g/mol. The van der Waals surface area contributed by atoms with Gasteiger partial charge in [-0.2, -0.15) is 0 Å². The molecule has 0 aliphatic carbocycles. The minimum absolute atomic E-state index is 0.0506. The van der Waals surface area contributed by atoms with Crippen molar-refractivity contribution in [3.63, 3.8) is 0 Å². The van der Waals surface area contributed by atoms with Gasteiger partial charge < -0.3 is 11.2 Å². The lowest BCUT2D eigenvalue weighted by atomic mass is 10.2. The Balaban J connectivity index is 1.74. The number of rotatable bonds is 6. The van der Waals surface area contributed by atoms with Crippen molar-refractivity contribution in [1.82, 2.24) is 14.9 Å². The molecule has 156 valence electrons. The van der Waals surface area contributed by atoms with Crippen LogP contribution in [-0.2, 0) is 4.79 Å². The molecule has 1 amide bonds. The average Bonchev–Trinajstić information content (AvgIpc) is 3.05. The molecule has 0 saturated carbocycles. The smallest absolute Gasteiger partial charge is 0.271 e. The predicted molar refractivity (Wildman–Crippen MR) is 118 cm³/mol. The van der Waals surface area contributed by atoms with Crippen LogP contribution in [0, 0.1) is 10.1 Å². The second kappa shape index (κ2) is 9.09. The van der Waals surface area contributed by atoms with E-state index >= 15 is 0 Å². The summed E-state index contributed by atoms with van der Waals surface area (Å²) in [5.74, 6) is 5.96. The first-order valence-electron chi connectivity index (χ1n) is 8.24. The van der Waals surface area contributed by atoms with Crippen molar-refractivity contribution in [2.24, 2.45) is 0 Å². The molecule has 1 heterocycles. The standard InChI is InChI=1S/C17H13Cl3N6O3S/c1-8(16(27)22-14-5-3-10(26(28)29)7-13(14)20)30-17-24-23-15(25(17)21)11-6-9(18)2-4-12(11)19/h2-8H,21H2,1H3,(H,22,27). The van der Waals surface area contributed by atoms with Crippen molar-refractivity contribution in [2.45, 2.75) is 17.3 Å². The van der Waals surface area contributed by atoms with Crippen LogP contribution in [0.1, 0.15) is 6.92 Å². The zero-order valence-corrected chi connectivity index (χ0v) is 18.3. The number of nitrogens with one attached hydrogen (secondary N) is 1. The largest absolute Gasteiger partial charge is 0.335 e. The van der Waals surface area contributed by atoms with Gasteiger partial charge in [-0.05, 0) is 31.2 Å². The molecule has 1 aromatic heterocycles. The molecule has 1 atom stereocenters. The molecule has 0 spiro atoms. The molecule has 3 aromatic rings. The van der Waals surface area contributed by atoms with E-state index in [1.54, 1.807) is 25.1 Å². The maximum Gasteiger partial charge on any atom is 0.271 e. The number of nitrogens with two attached hydrogens (primary N) is 1. The molecule has 3 N–H and O–H groups in total. The van der Waals surface area contributed by atoms with Crippen LogP contribution in [0.2, 0.25) is 15.1 Å². The highest BCUT2D eigenvalue weighted by Gasteiger charge is 2.22. The van der Waals surface area contributed by atoms with Crippen LogP contribution >= 0.6 is 46.6 Å². The molecule has 3 rings (SSSR count). The van der Waals surface area contributed by atoms with Crippen LogP contribution in [-0.4, -0.2) is 31.0 Å². The zero-order chi connectivity index (χ0) is 22.0. The van der Waals surface area contributed by atoms with Crippen LogP contribution in [0.3, 0.4) is 0 Å². The Kier molecular flexibility index (Phi) is 6.71. The number of carbonyl (C=O) groups excluding carboxylic acids is 1. The van der Waals surface area contributed by atoms with E-state index in [0.29, 0.717) is 15.6 Å². The summed E-state index contributed by atoms with van der Waals surface area (Å²) >= 11 is 19.3. The normalized spacial score (nSPS) is 11.9. The number of amides is 1. The summed E-state index contributed by atoms with van der Waals surface area (Å²) in [5.41, 5.74) is 0.574. The van der Waals surface area contributed by atoms with Gasteiger partial charge in [0.1, 0.15) is 0 Å². The first-order chi connectivity index (χ1) is 14.2. The minimum atomic E-state index is -0.634. The molecular weight excluding hydrogens is 475 g/mol. The number of halogens is 3. The van der Waals surface area contributed by atoms with Gasteiger partial charge in [0.15, 0.2) is 5.82 Å². The summed E-state index contributed by atoms with van der Waals surface area (Å²) in [5, 5.41) is 22.0. The van der Waals surface area contributed by atoms with Crippen LogP contribution in [0.5, 0.6) is 0 Å². The molecule has 0 bridgehead atoms. The third kappa shape index (κ3) is 4.78. The maximum absolute atomic E-state index is 12.5. The molecule has 2 aromatic carbocycles. The first-order valence-corrected chi connectivity index (χ1v) is 10.3. The van der Waals surface area contributed by atoms with E-state index in [1.807, 2.05) is 0 Å². The molecule has 0 fully saturated rings. The zero-order valence-electron chi connectivity index (χ0n) is 15.2. The van der Waals surface area contributed by atoms with Crippen molar-refractivity contribution in [3.8, 4) is 11.4 Å². The van der Waals surface area contributed by atoms with E-state index < -0.39 is 16.1 Å². The van der Waals surface area contributed by atoms with Crippen LogP contribution in [0.4, 0.5) is 11.4 Å². The van der Waals surface area contributed by atoms with Gasteiger partial charge >= 0.3 is 0 Å². The lowest BCUT2D eigenvalue weighted by molar-refractivity contribution is -0.384. The number of anilines is 1. The van der Waals surface area contributed by atoms with Gasteiger partial charge in [-0.1, -0.05) is 46.6 Å². The molecule has 1 unspecified atom stereocenters. The minimum Gasteiger partial charge on any atom is -0.335 e. The van der Waals surface area contributed by atoms with Crippen LogP contribution in [0.15, 0.2) is 41.6 Å². The summed E-state index contributed by atoms with van der Waals surface area (Å²) in [6, 6.07) is 8.63. The van der Waals surface area contributed by atoms with Gasteiger partial charge in [0.05, 0.1) is 25.9 Å². The summed E-state index contributed by atoms with van der Waals surface area (Å²) < 4.78 is 1.21. The number of non-ortho nitro benzene ring substituents is 1. The monoisotopic (exact) mass is 486 g/mol. The van der Waals surface area contributed by atoms with E-state index in [2.05, 4.69) is 15.5 Å². The molecule has 0 aliphatic heterocycles. The summed E-state index contributed by atoms with van der Waals surface area (Å²) in [6.45, 7) is 1.64. The number of aromatic nitrogens is 3. The van der Waals surface area contributed by atoms with Gasteiger partial charge in [-0.15, -0.1) is 10.2 Å². The van der Waals surface area contributed by atoms with Gasteiger partial charge in [-0.3, -0.25) is 14.9 Å². The highest BCUT2D eigenvalue weighted by molar-refractivity contribution is 8.00. The van der Waals surface area contributed by atoms with E-state index in [-0.39, 0.29) is 27.4 Å². The molecule has 30 heavy (non-hydrogen) atoms. The number of benzene rings is 2. The summed E-state index contributed by atoms with van der Waals surface area (Å²) in [7, 11) is 0. The fraction of sp³-hybridized carbons (Fsp3) is 0.118. The molecule has 0 aliphatic rings. The summed E-state index contributed by atoms with van der Waals surface area (Å²) in [6.07, 6.45) is 0. The topological polar surface area (TPSA) is 129 Å². The lowest BCUT2D eigenvalue weighted by Gasteiger charge is -2.12. The highest BCUT2D eigenvalue weighted by atomic mass is 35.5. The molecule has 9 nitrogen and oxygen atoms in total. The Morgan fingerprint density at radius 2 is 1.93 bits per heavy atom. The number of nitro groups is 1. The Morgan fingerprint density at radius 3 is 2.60 bits per heavy atom. The van der Waals surface area contributed by atoms with Crippen LogP contribution in [0.25, 0.3) is 11.4 Å². The molecule has 13 heteroatoms. The number of nitrogens with zero attached hydrogens (tertiary/aromatic N) is 4. The Hall–Kier alpha value is -2.53. The van der Waals surface area contributed by atoms with Crippen molar-refractivity contribution in [2.75, 3.05) is 11.2 Å². The number of hydrogen-bond donors (Lipinski definition) is 2. The van der Waals surface area contributed by atoms with E-state index in [9.17, 15) is 14.9 Å². The number of carbonyl (C=O) groups is 1. The van der Waals surface area contributed by atoms with E-state index in [1.165, 1.54) is 16.8 Å². The Labute approximate surface area is 189 Å². The predicted octanol–water partition coefficient (Wildman–Crippen LogP) is 4.65. The van der Waals surface area contributed by atoms with Gasteiger partial charge in [0, 0.05) is 22.7 Å². The fourth-order valence-electron chi connectivity index (χ4n) is 2.37.